The van der Waals surface area contributed by atoms with Crippen molar-refractivity contribution in [3.63, 3.8) is 0 Å². The second kappa shape index (κ2) is 4.52. The van der Waals surface area contributed by atoms with E-state index in [0.29, 0.717) is 22.8 Å². The number of para-hydroxylation sites is 1. The van der Waals surface area contributed by atoms with Gasteiger partial charge in [-0.3, -0.25) is 9.59 Å². The van der Waals surface area contributed by atoms with Crippen molar-refractivity contribution in [3.05, 3.63) is 64.7 Å². The maximum atomic E-state index is 12.0. The molecule has 0 bridgehead atoms. The topological polar surface area (TPSA) is 37.4 Å². The van der Waals surface area contributed by atoms with Crippen LogP contribution in [0.1, 0.15) is 15.9 Å². The predicted octanol–water partition coefficient (Wildman–Crippen LogP) is 3.07. The molecule has 0 spiro atoms. The van der Waals surface area contributed by atoms with Crippen molar-refractivity contribution in [2.45, 2.75) is 6.54 Å². The number of halogens is 1. The average Bonchev–Trinajstić information content (AvgIpc) is 2.67. The van der Waals surface area contributed by atoms with Crippen molar-refractivity contribution in [1.29, 1.82) is 0 Å². The Labute approximate surface area is 115 Å². The molecule has 2 aromatic carbocycles. The number of carbonyl (C=O) groups excluding carboxylic acids is 2. The third kappa shape index (κ3) is 1.92. The molecule has 0 aliphatic carbocycles. The van der Waals surface area contributed by atoms with Gasteiger partial charge in [0.25, 0.3) is 11.7 Å². The van der Waals surface area contributed by atoms with Crippen LogP contribution in [0.3, 0.4) is 0 Å². The summed E-state index contributed by atoms with van der Waals surface area (Å²) in [4.78, 5) is 25.3. The first-order valence-electron chi connectivity index (χ1n) is 5.87. The number of anilines is 1. The maximum Gasteiger partial charge on any atom is 0.299 e. The average molecular weight is 272 g/mol. The standard InChI is InChI=1S/C15H10ClNO2/c16-12-7-3-1-5-10(12)9-17-13-8-4-2-6-11(13)14(18)15(17)19/h1-8H,9H2. The van der Waals surface area contributed by atoms with Crippen LogP contribution in [-0.2, 0) is 11.3 Å². The van der Waals surface area contributed by atoms with Gasteiger partial charge in [0.2, 0.25) is 0 Å². The monoisotopic (exact) mass is 271 g/mol. The zero-order valence-electron chi connectivity index (χ0n) is 9.97. The first-order valence-corrected chi connectivity index (χ1v) is 6.25. The zero-order valence-corrected chi connectivity index (χ0v) is 10.7. The predicted molar refractivity (Wildman–Crippen MR) is 73.4 cm³/mol. The van der Waals surface area contributed by atoms with Gasteiger partial charge in [-0.25, -0.2) is 0 Å². The smallest absolute Gasteiger partial charge is 0.299 e. The molecule has 0 fully saturated rings. The van der Waals surface area contributed by atoms with Gasteiger partial charge in [-0.2, -0.15) is 0 Å². The van der Waals surface area contributed by atoms with Crippen LogP contribution in [0.2, 0.25) is 5.02 Å². The first-order chi connectivity index (χ1) is 9.18. The maximum absolute atomic E-state index is 12.0. The Balaban J connectivity index is 2.01. The van der Waals surface area contributed by atoms with Crippen LogP contribution in [-0.4, -0.2) is 11.7 Å². The molecule has 2 aromatic rings. The molecule has 1 aliphatic heterocycles. The number of fused-ring (bicyclic) bond motifs is 1. The van der Waals surface area contributed by atoms with E-state index in [1.807, 2.05) is 24.3 Å². The number of amides is 1. The molecular formula is C15H10ClNO2. The second-order valence-electron chi connectivity index (χ2n) is 4.33. The molecule has 0 radical (unpaired) electrons. The Hall–Kier alpha value is -2.13. The summed E-state index contributed by atoms with van der Waals surface area (Å²) >= 11 is 6.09. The molecular weight excluding hydrogens is 262 g/mol. The molecule has 0 N–H and O–H groups in total. The van der Waals surface area contributed by atoms with Crippen LogP contribution >= 0.6 is 11.6 Å². The molecule has 0 unspecified atom stereocenters. The lowest BCUT2D eigenvalue weighted by atomic mass is 10.1. The number of hydrogen-bond donors (Lipinski definition) is 0. The number of Topliss-reactive ketones (excluding diaryl/α,β-unsaturated/α-hetero) is 1. The van der Waals surface area contributed by atoms with E-state index in [1.165, 1.54) is 4.90 Å². The Bertz CT molecular complexity index is 681. The summed E-state index contributed by atoms with van der Waals surface area (Å²) in [6, 6.07) is 14.3. The van der Waals surface area contributed by atoms with Crippen LogP contribution in [0.15, 0.2) is 48.5 Å². The Morgan fingerprint density at radius 1 is 0.947 bits per heavy atom. The molecule has 19 heavy (non-hydrogen) atoms. The lowest BCUT2D eigenvalue weighted by Gasteiger charge is -2.17. The normalized spacial score (nSPS) is 13.8. The number of nitrogens with zero attached hydrogens (tertiary/aromatic N) is 1. The minimum absolute atomic E-state index is 0.307. The van der Waals surface area contributed by atoms with Gasteiger partial charge in [0.1, 0.15) is 0 Å². The summed E-state index contributed by atoms with van der Waals surface area (Å²) in [5, 5.41) is 0.590. The van der Waals surface area contributed by atoms with E-state index < -0.39 is 11.7 Å². The quantitative estimate of drug-likeness (QED) is 0.787. The van der Waals surface area contributed by atoms with Gasteiger partial charge >= 0.3 is 0 Å². The third-order valence-corrected chi connectivity index (χ3v) is 3.53. The molecule has 0 atom stereocenters. The summed E-state index contributed by atoms with van der Waals surface area (Å²) in [5.41, 5.74) is 1.93. The molecule has 4 heteroatoms. The highest BCUT2D eigenvalue weighted by Gasteiger charge is 2.35. The van der Waals surface area contributed by atoms with E-state index >= 15 is 0 Å². The van der Waals surface area contributed by atoms with Gasteiger partial charge in [0.05, 0.1) is 17.8 Å². The Kier molecular flexibility index (Phi) is 2.84. The SMILES string of the molecule is O=C1C(=O)N(Cc2ccccc2Cl)c2ccccc21. The molecule has 3 rings (SSSR count). The van der Waals surface area contributed by atoms with E-state index in [9.17, 15) is 9.59 Å². The largest absolute Gasteiger partial charge is 0.300 e. The van der Waals surface area contributed by atoms with E-state index in [-0.39, 0.29) is 0 Å². The molecule has 1 heterocycles. The van der Waals surface area contributed by atoms with Crippen LogP contribution in [0, 0.1) is 0 Å². The van der Waals surface area contributed by atoms with Crippen molar-refractivity contribution < 1.29 is 9.59 Å². The number of carbonyl (C=O) groups is 2. The van der Waals surface area contributed by atoms with Crippen LogP contribution in [0.4, 0.5) is 5.69 Å². The summed E-state index contributed by atoms with van der Waals surface area (Å²) in [5.74, 6) is -0.955. The number of hydrogen-bond acceptors (Lipinski definition) is 2. The molecule has 0 saturated carbocycles. The summed E-state index contributed by atoms with van der Waals surface area (Å²) < 4.78 is 0. The zero-order chi connectivity index (χ0) is 13.4. The van der Waals surface area contributed by atoms with Gasteiger partial charge < -0.3 is 4.90 Å². The van der Waals surface area contributed by atoms with Gasteiger partial charge in [0.15, 0.2) is 0 Å². The summed E-state index contributed by atoms with van der Waals surface area (Å²) in [6.45, 7) is 0.307. The summed E-state index contributed by atoms with van der Waals surface area (Å²) in [7, 11) is 0. The Morgan fingerprint density at radius 2 is 1.63 bits per heavy atom. The molecule has 0 saturated heterocycles. The molecule has 1 aliphatic rings. The number of benzene rings is 2. The van der Waals surface area contributed by atoms with Crippen molar-refractivity contribution >= 4 is 29.0 Å². The number of rotatable bonds is 2. The van der Waals surface area contributed by atoms with Crippen molar-refractivity contribution in [1.82, 2.24) is 0 Å². The fraction of sp³-hybridized carbons (Fsp3) is 0.0667. The highest BCUT2D eigenvalue weighted by atomic mass is 35.5. The minimum atomic E-state index is -0.499. The van der Waals surface area contributed by atoms with Crippen molar-refractivity contribution in [2.75, 3.05) is 4.90 Å². The third-order valence-electron chi connectivity index (χ3n) is 3.17. The molecule has 94 valence electrons. The first kappa shape index (κ1) is 11.9. The van der Waals surface area contributed by atoms with Crippen LogP contribution in [0.5, 0.6) is 0 Å². The Morgan fingerprint density at radius 3 is 2.42 bits per heavy atom. The van der Waals surface area contributed by atoms with Crippen molar-refractivity contribution in [3.8, 4) is 0 Å². The lowest BCUT2D eigenvalue weighted by molar-refractivity contribution is -0.114. The van der Waals surface area contributed by atoms with Crippen molar-refractivity contribution in [2.24, 2.45) is 0 Å². The van der Waals surface area contributed by atoms with E-state index in [0.717, 1.165) is 5.56 Å². The fourth-order valence-electron chi connectivity index (χ4n) is 2.20. The van der Waals surface area contributed by atoms with Gasteiger partial charge in [-0.05, 0) is 23.8 Å². The molecule has 3 nitrogen and oxygen atoms in total. The van der Waals surface area contributed by atoms with E-state index in [4.69, 9.17) is 11.6 Å². The van der Waals surface area contributed by atoms with Gasteiger partial charge in [0, 0.05) is 5.02 Å². The summed E-state index contributed by atoms with van der Waals surface area (Å²) in [6.07, 6.45) is 0. The van der Waals surface area contributed by atoms with Gasteiger partial charge in [-0.15, -0.1) is 0 Å². The van der Waals surface area contributed by atoms with Crippen LogP contribution < -0.4 is 4.90 Å². The number of ketones is 1. The van der Waals surface area contributed by atoms with E-state index in [2.05, 4.69) is 0 Å². The van der Waals surface area contributed by atoms with E-state index in [1.54, 1.807) is 24.3 Å². The highest BCUT2D eigenvalue weighted by molar-refractivity contribution is 6.52. The minimum Gasteiger partial charge on any atom is -0.300 e. The molecule has 1 amide bonds. The second-order valence-corrected chi connectivity index (χ2v) is 4.74. The highest BCUT2D eigenvalue weighted by Crippen LogP contribution is 2.31. The van der Waals surface area contributed by atoms with Crippen LogP contribution in [0.25, 0.3) is 0 Å². The molecule has 0 aromatic heterocycles. The van der Waals surface area contributed by atoms with Gasteiger partial charge in [-0.1, -0.05) is 41.9 Å². The fourth-order valence-corrected chi connectivity index (χ4v) is 2.40. The lowest BCUT2D eigenvalue weighted by Crippen LogP contribution is -2.29.